The number of anilines is 1. The molecule has 4 rings (SSSR count). The summed E-state index contributed by atoms with van der Waals surface area (Å²) in [4.78, 5) is 17.4. The number of hydrogen-bond donors (Lipinski definition) is 1. The highest BCUT2D eigenvalue weighted by atomic mass is 35.5. The Morgan fingerprint density at radius 1 is 0.974 bits per heavy atom. The van der Waals surface area contributed by atoms with Crippen LogP contribution >= 0.6 is 11.6 Å². The van der Waals surface area contributed by atoms with Gasteiger partial charge in [0.05, 0.1) is 11.4 Å². The fraction of sp³-hybridized carbons (Fsp3) is 0.250. The number of halogens is 1. The third-order valence-corrected chi connectivity index (χ3v) is 7.95. The minimum absolute atomic E-state index is 0.0780. The maximum atomic E-state index is 13.4. The summed E-state index contributed by atoms with van der Waals surface area (Å²) in [5.41, 5.74) is 2.48. The third-order valence-electron chi connectivity index (χ3n) is 5.84. The van der Waals surface area contributed by atoms with Gasteiger partial charge in [-0.25, -0.2) is 8.42 Å². The van der Waals surface area contributed by atoms with Gasteiger partial charge in [-0.2, -0.15) is 9.29 Å². The molecule has 1 heterocycles. The first-order valence-electron chi connectivity index (χ1n) is 12.2. The number of rotatable bonds is 11. The van der Waals surface area contributed by atoms with Crippen LogP contribution in [0.4, 0.5) is 5.69 Å². The molecule has 0 spiro atoms. The van der Waals surface area contributed by atoms with Gasteiger partial charge in [-0.1, -0.05) is 73.1 Å². The summed E-state index contributed by atoms with van der Waals surface area (Å²) in [7, 11) is -3.93. The van der Waals surface area contributed by atoms with Crippen LogP contribution in [0.5, 0.6) is 0 Å². The minimum atomic E-state index is -3.93. The zero-order chi connectivity index (χ0) is 27.1. The maximum absolute atomic E-state index is 13.4. The number of amides is 1. The van der Waals surface area contributed by atoms with Crippen molar-refractivity contribution in [3.8, 4) is 0 Å². The van der Waals surface area contributed by atoms with Gasteiger partial charge in [0.25, 0.3) is 0 Å². The lowest BCUT2D eigenvalue weighted by atomic mass is 10.1. The van der Waals surface area contributed by atoms with E-state index < -0.39 is 15.9 Å². The lowest BCUT2D eigenvalue weighted by Gasteiger charge is -2.22. The zero-order valence-corrected chi connectivity index (χ0v) is 22.7. The van der Waals surface area contributed by atoms with E-state index in [0.717, 1.165) is 11.1 Å². The van der Waals surface area contributed by atoms with Crippen LogP contribution in [0.2, 0.25) is 5.02 Å². The molecule has 1 N–H and O–H groups in total. The second-order valence-electron chi connectivity index (χ2n) is 9.15. The molecule has 0 atom stereocenters. The summed E-state index contributed by atoms with van der Waals surface area (Å²) in [5.74, 6) is 0.897. The second-order valence-corrected chi connectivity index (χ2v) is 11.5. The van der Waals surface area contributed by atoms with Crippen LogP contribution in [0.25, 0.3) is 0 Å². The summed E-state index contributed by atoms with van der Waals surface area (Å²) in [5, 5.41) is 7.23. The monoisotopic (exact) mass is 552 g/mol. The van der Waals surface area contributed by atoms with E-state index in [9.17, 15) is 13.2 Å². The molecule has 0 radical (unpaired) electrons. The Balaban J connectivity index is 1.43. The van der Waals surface area contributed by atoms with E-state index in [0.29, 0.717) is 35.3 Å². The van der Waals surface area contributed by atoms with Gasteiger partial charge >= 0.3 is 0 Å². The van der Waals surface area contributed by atoms with Crippen molar-refractivity contribution in [3.05, 3.63) is 107 Å². The van der Waals surface area contributed by atoms with Gasteiger partial charge in [0.15, 0.2) is 5.82 Å². The Morgan fingerprint density at radius 3 is 2.29 bits per heavy atom. The molecular weight excluding hydrogens is 524 g/mol. The van der Waals surface area contributed by atoms with Gasteiger partial charge in [-0.15, -0.1) is 0 Å². The molecule has 10 heteroatoms. The predicted octanol–water partition coefficient (Wildman–Crippen LogP) is 5.31. The van der Waals surface area contributed by atoms with Crippen molar-refractivity contribution >= 4 is 33.2 Å². The Hall–Kier alpha value is -3.53. The molecule has 4 aromatic rings. The standard InChI is InChI=1S/C28H29ClN4O4S/c1-20(2)28-31-26(32-37-28)18-22-8-12-24(13-9-22)30-27(34)19-33(17-16-21-6-4-3-5-7-21)38(35,36)25-14-10-23(29)11-15-25/h3-15,20H,16-19H2,1-2H3,(H,30,34). The molecule has 0 saturated carbocycles. The predicted molar refractivity (Wildman–Crippen MR) is 147 cm³/mol. The minimum Gasteiger partial charge on any atom is -0.339 e. The number of hydrogen-bond acceptors (Lipinski definition) is 6. The first-order valence-corrected chi connectivity index (χ1v) is 14.0. The van der Waals surface area contributed by atoms with Crippen LogP contribution in [0.15, 0.2) is 88.3 Å². The number of aromatic nitrogens is 2. The van der Waals surface area contributed by atoms with Crippen LogP contribution < -0.4 is 5.32 Å². The van der Waals surface area contributed by atoms with Crippen molar-refractivity contribution in [1.82, 2.24) is 14.4 Å². The number of sulfonamides is 1. The average Bonchev–Trinajstić information content (AvgIpc) is 3.37. The van der Waals surface area contributed by atoms with E-state index >= 15 is 0 Å². The highest BCUT2D eigenvalue weighted by Crippen LogP contribution is 2.20. The smallest absolute Gasteiger partial charge is 0.243 e. The molecular formula is C28H29ClN4O4S. The quantitative estimate of drug-likeness (QED) is 0.270. The second kappa shape index (κ2) is 12.3. The highest BCUT2D eigenvalue weighted by molar-refractivity contribution is 7.89. The third kappa shape index (κ3) is 7.28. The molecule has 0 bridgehead atoms. The Kier molecular flexibility index (Phi) is 8.93. The molecule has 198 valence electrons. The lowest BCUT2D eigenvalue weighted by molar-refractivity contribution is -0.116. The molecule has 0 aliphatic heterocycles. The van der Waals surface area contributed by atoms with Crippen molar-refractivity contribution in [2.45, 2.75) is 37.5 Å². The van der Waals surface area contributed by atoms with E-state index in [-0.39, 0.29) is 23.9 Å². The van der Waals surface area contributed by atoms with Gasteiger partial charge in [-0.3, -0.25) is 4.79 Å². The summed E-state index contributed by atoms with van der Waals surface area (Å²) >= 11 is 5.94. The Bertz CT molecular complexity index is 1460. The van der Waals surface area contributed by atoms with Crippen molar-refractivity contribution < 1.29 is 17.7 Å². The number of nitrogens with zero attached hydrogens (tertiary/aromatic N) is 3. The molecule has 0 aliphatic rings. The van der Waals surface area contributed by atoms with Crippen molar-refractivity contribution in [3.63, 3.8) is 0 Å². The van der Waals surface area contributed by atoms with E-state index in [4.69, 9.17) is 16.1 Å². The average molecular weight is 553 g/mol. The largest absolute Gasteiger partial charge is 0.339 e. The highest BCUT2D eigenvalue weighted by Gasteiger charge is 2.26. The summed E-state index contributed by atoms with van der Waals surface area (Å²) < 4.78 is 33.2. The SMILES string of the molecule is CC(C)c1nc(Cc2ccc(NC(=O)CN(CCc3ccccc3)S(=O)(=O)c3ccc(Cl)cc3)cc2)no1. The molecule has 3 aromatic carbocycles. The van der Waals surface area contributed by atoms with E-state index in [2.05, 4.69) is 15.5 Å². The molecule has 8 nitrogen and oxygen atoms in total. The van der Waals surface area contributed by atoms with Gasteiger partial charge in [0.1, 0.15) is 0 Å². The van der Waals surface area contributed by atoms with Crippen LogP contribution in [-0.4, -0.2) is 41.9 Å². The Morgan fingerprint density at radius 2 is 1.66 bits per heavy atom. The number of benzene rings is 3. The number of nitrogens with one attached hydrogen (secondary N) is 1. The molecule has 0 saturated heterocycles. The lowest BCUT2D eigenvalue weighted by Crippen LogP contribution is -2.39. The van der Waals surface area contributed by atoms with Gasteiger partial charge < -0.3 is 9.84 Å². The topological polar surface area (TPSA) is 105 Å². The normalized spacial score (nSPS) is 11.7. The van der Waals surface area contributed by atoms with E-state index in [1.165, 1.54) is 28.6 Å². The first-order chi connectivity index (χ1) is 18.2. The molecule has 1 aromatic heterocycles. The number of carbonyl (C=O) groups is 1. The molecule has 38 heavy (non-hydrogen) atoms. The first kappa shape index (κ1) is 27.5. The van der Waals surface area contributed by atoms with Crippen LogP contribution in [-0.2, 0) is 27.7 Å². The summed E-state index contributed by atoms with van der Waals surface area (Å²) in [6.45, 7) is 3.78. The molecule has 0 unspecified atom stereocenters. The number of carbonyl (C=O) groups excluding carboxylic acids is 1. The fourth-order valence-electron chi connectivity index (χ4n) is 3.76. The summed E-state index contributed by atoms with van der Waals surface area (Å²) in [6, 6.07) is 22.7. The van der Waals surface area contributed by atoms with Crippen LogP contribution in [0.3, 0.4) is 0 Å². The van der Waals surface area contributed by atoms with Crippen molar-refractivity contribution in [1.29, 1.82) is 0 Å². The fourth-order valence-corrected chi connectivity index (χ4v) is 5.28. The molecule has 0 fully saturated rings. The van der Waals surface area contributed by atoms with Gasteiger partial charge in [-0.05, 0) is 53.9 Å². The van der Waals surface area contributed by atoms with Gasteiger partial charge in [0.2, 0.25) is 21.8 Å². The molecule has 0 aliphatic carbocycles. The van der Waals surface area contributed by atoms with Crippen LogP contribution in [0, 0.1) is 0 Å². The maximum Gasteiger partial charge on any atom is 0.243 e. The van der Waals surface area contributed by atoms with Crippen molar-refractivity contribution in [2.75, 3.05) is 18.4 Å². The summed E-state index contributed by atoms with van der Waals surface area (Å²) in [6.07, 6.45) is 0.960. The van der Waals surface area contributed by atoms with Crippen LogP contribution in [0.1, 0.15) is 42.6 Å². The van der Waals surface area contributed by atoms with E-state index in [1.54, 1.807) is 12.1 Å². The Labute approximate surface area is 227 Å². The van der Waals surface area contributed by atoms with Gasteiger partial charge in [0, 0.05) is 29.6 Å². The van der Waals surface area contributed by atoms with Crippen molar-refractivity contribution in [2.24, 2.45) is 0 Å². The molecule has 1 amide bonds. The zero-order valence-electron chi connectivity index (χ0n) is 21.2. The van der Waals surface area contributed by atoms with E-state index in [1.807, 2.05) is 56.3 Å².